The molecule has 0 fully saturated rings. The second-order valence-corrected chi connectivity index (χ2v) is 6.51. The second-order valence-electron chi connectivity index (χ2n) is 5.45. The van der Waals surface area contributed by atoms with Crippen molar-refractivity contribution in [2.75, 3.05) is 11.9 Å². The van der Waals surface area contributed by atoms with Crippen LogP contribution in [0.25, 0.3) is 0 Å². The molecule has 0 aliphatic heterocycles. The highest BCUT2D eigenvalue weighted by atomic mass is 32.1. The molecule has 124 valence electrons. The molecule has 1 N–H and O–H groups in total. The van der Waals surface area contributed by atoms with Crippen LogP contribution in [0.1, 0.15) is 42.3 Å². The fourth-order valence-corrected chi connectivity index (χ4v) is 2.95. The standard InChI is InChI=1S/C17H23N3O2S/c1-4-7-16-19-20-17(23-16)18-15(21)10-6-11-22-14-9-5-8-12(2)13(14)3/h5,8-9H,4,6-7,10-11H2,1-3H3,(H,18,20,21). The molecular formula is C17H23N3O2S. The Morgan fingerprint density at radius 2 is 2.13 bits per heavy atom. The average Bonchev–Trinajstić information content (AvgIpc) is 2.95. The Labute approximate surface area is 141 Å². The summed E-state index contributed by atoms with van der Waals surface area (Å²) in [5.41, 5.74) is 2.36. The van der Waals surface area contributed by atoms with Crippen LogP contribution in [0.2, 0.25) is 0 Å². The van der Waals surface area contributed by atoms with Gasteiger partial charge in [-0.1, -0.05) is 30.4 Å². The molecule has 5 nitrogen and oxygen atoms in total. The second kappa shape index (κ2) is 8.62. The number of aryl methyl sites for hydroxylation is 2. The summed E-state index contributed by atoms with van der Waals surface area (Å²) < 4.78 is 5.75. The average molecular weight is 333 g/mol. The van der Waals surface area contributed by atoms with Crippen molar-refractivity contribution < 1.29 is 9.53 Å². The predicted molar refractivity (Wildman–Crippen MR) is 93.2 cm³/mol. The van der Waals surface area contributed by atoms with Crippen molar-refractivity contribution >= 4 is 22.4 Å². The highest BCUT2D eigenvalue weighted by molar-refractivity contribution is 7.15. The number of hydrogen-bond donors (Lipinski definition) is 1. The van der Waals surface area contributed by atoms with Gasteiger partial charge in [-0.3, -0.25) is 4.79 Å². The van der Waals surface area contributed by atoms with Gasteiger partial charge in [0.05, 0.1) is 6.61 Å². The van der Waals surface area contributed by atoms with Crippen molar-refractivity contribution in [3.63, 3.8) is 0 Å². The Morgan fingerprint density at radius 3 is 2.91 bits per heavy atom. The Kier molecular flexibility index (Phi) is 6.52. The number of carbonyl (C=O) groups excluding carboxylic acids is 1. The number of amides is 1. The summed E-state index contributed by atoms with van der Waals surface area (Å²) in [6.45, 7) is 6.72. The molecule has 0 unspecified atom stereocenters. The molecule has 23 heavy (non-hydrogen) atoms. The Morgan fingerprint density at radius 1 is 1.30 bits per heavy atom. The van der Waals surface area contributed by atoms with Crippen LogP contribution in [0.4, 0.5) is 5.13 Å². The maximum atomic E-state index is 11.9. The first-order valence-electron chi connectivity index (χ1n) is 7.91. The predicted octanol–water partition coefficient (Wildman–Crippen LogP) is 3.91. The fourth-order valence-electron chi connectivity index (χ4n) is 2.10. The van der Waals surface area contributed by atoms with Crippen molar-refractivity contribution in [1.29, 1.82) is 0 Å². The molecule has 0 atom stereocenters. The maximum Gasteiger partial charge on any atom is 0.226 e. The number of anilines is 1. The third-order valence-electron chi connectivity index (χ3n) is 3.54. The third kappa shape index (κ3) is 5.32. The minimum atomic E-state index is -0.0474. The van der Waals surface area contributed by atoms with Gasteiger partial charge >= 0.3 is 0 Å². The van der Waals surface area contributed by atoms with Crippen LogP contribution in [0.5, 0.6) is 5.75 Å². The van der Waals surface area contributed by atoms with Crippen molar-refractivity contribution in [2.24, 2.45) is 0 Å². The molecule has 1 aromatic heterocycles. The van der Waals surface area contributed by atoms with Gasteiger partial charge in [0.15, 0.2) is 0 Å². The lowest BCUT2D eigenvalue weighted by atomic mass is 10.1. The Bertz CT molecular complexity index is 655. The van der Waals surface area contributed by atoms with E-state index >= 15 is 0 Å². The fraction of sp³-hybridized carbons (Fsp3) is 0.471. The van der Waals surface area contributed by atoms with Crippen LogP contribution in [-0.2, 0) is 11.2 Å². The summed E-state index contributed by atoms with van der Waals surface area (Å²) in [6.07, 6.45) is 3.00. The molecule has 1 heterocycles. The largest absolute Gasteiger partial charge is 0.493 e. The van der Waals surface area contributed by atoms with Crippen molar-refractivity contribution in [3.8, 4) is 5.75 Å². The molecule has 0 radical (unpaired) electrons. The zero-order valence-electron chi connectivity index (χ0n) is 13.9. The SMILES string of the molecule is CCCc1nnc(NC(=O)CCCOc2cccc(C)c2C)s1. The minimum absolute atomic E-state index is 0.0474. The normalized spacial score (nSPS) is 10.6. The minimum Gasteiger partial charge on any atom is -0.493 e. The summed E-state index contributed by atoms with van der Waals surface area (Å²) >= 11 is 1.44. The summed E-state index contributed by atoms with van der Waals surface area (Å²) in [7, 11) is 0. The molecular weight excluding hydrogens is 310 g/mol. The van der Waals surface area contributed by atoms with E-state index in [1.54, 1.807) is 0 Å². The quantitative estimate of drug-likeness (QED) is 0.744. The van der Waals surface area contributed by atoms with E-state index in [2.05, 4.69) is 35.4 Å². The van der Waals surface area contributed by atoms with Crippen molar-refractivity contribution in [1.82, 2.24) is 10.2 Å². The molecule has 6 heteroatoms. The number of ether oxygens (including phenoxy) is 1. The lowest BCUT2D eigenvalue weighted by molar-refractivity contribution is -0.116. The van der Waals surface area contributed by atoms with Gasteiger partial charge in [-0.05, 0) is 43.9 Å². The van der Waals surface area contributed by atoms with E-state index in [9.17, 15) is 4.79 Å². The van der Waals surface area contributed by atoms with Gasteiger partial charge in [-0.25, -0.2) is 0 Å². The van der Waals surface area contributed by atoms with Gasteiger partial charge in [0.1, 0.15) is 10.8 Å². The van der Waals surface area contributed by atoms with Crippen molar-refractivity contribution in [2.45, 2.75) is 46.5 Å². The van der Waals surface area contributed by atoms with Gasteiger partial charge in [-0.15, -0.1) is 10.2 Å². The Hall–Kier alpha value is -1.95. The molecule has 2 rings (SSSR count). The number of rotatable bonds is 8. The molecule has 0 saturated heterocycles. The number of benzene rings is 1. The third-order valence-corrected chi connectivity index (χ3v) is 4.44. The number of hydrogen-bond acceptors (Lipinski definition) is 5. The number of carbonyl (C=O) groups is 1. The molecule has 1 amide bonds. The summed E-state index contributed by atoms with van der Waals surface area (Å²) in [4.78, 5) is 11.9. The van der Waals surface area contributed by atoms with Crippen LogP contribution in [0.3, 0.4) is 0 Å². The smallest absolute Gasteiger partial charge is 0.226 e. The van der Waals surface area contributed by atoms with Gasteiger partial charge in [-0.2, -0.15) is 0 Å². The van der Waals surface area contributed by atoms with Crippen LogP contribution in [0, 0.1) is 13.8 Å². The Balaban J connectivity index is 1.71. The molecule has 0 saturated carbocycles. The monoisotopic (exact) mass is 333 g/mol. The van der Waals surface area contributed by atoms with Gasteiger partial charge < -0.3 is 10.1 Å². The van der Waals surface area contributed by atoms with Gasteiger partial charge in [0, 0.05) is 12.8 Å². The molecule has 0 bridgehead atoms. The van der Waals surface area contributed by atoms with E-state index in [1.165, 1.54) is 16.9 Å². The molecule has 0 aliphatic carbocycles. The van der Waals surface area contributed by atoms with Crippen LogP contribution < -0.4 is 10.1 Å². The first kappa shape index (κ1) is 17.4. The highest BCUT2D eigenvalue weighted by Gasteiger charge is 2.08. The van der Waals surface area contributed by atoms with Gasteiger partial charge in [0.25, 0.3) is 0 Å². The van der Waals surface area contributed by atoms with E-state index < -0.39 is 0 Å². The number of nitrogens with one attached hydrogen (secondary N) is 1. The molecule has 0 spiro atoms. The van der Waals surface area contributed by atoms with E-state index in [-0.39, 0.29) is 5.91 Å². The number of nitrogens with zero attached hydrogens (tertiary/aromatic N) is 2. The topological polar surface area (TPSA) is 64.1 Å². The number of aromatic nitrogens is 2. The van der Waals surface area contributed by atoms with E-state index in [0.29, 0.717) is 24.6 Å². The summed E-state index contributed by atoms with van der Waals surface area (Å²) in [6, 6.07) is 6.00. The summed E-state index contributed by atoms with van der Waals surface area (Å²) in [5.74, 6) is 0.840. The van der Waals surface area contributed by atoms with Crippen LogP contribution >= 0.6 is 11.3 Å². The zero-order valence-corrected chi connectivity index (χ0v) is 14.7. The van der Waals surface area contributed by atoms with Crippen LogP contribution in [-0.4, -0.2) is 22.7 Å². The lowest BCUT2D eigenvalue weighted by Crippen LogP contribution is -2.12. The highest BCUT2D eigenvalue weighted by Crippen LogP contribution is 2.21. The maximum absolute atomic E-state index is 11.9. The van der Waals surface area contributed by atoms with E-state index in [1.807, 2.05) is 19.1 Å². The van der Waals surface area contributed by atoms with Crippen molar-refractivity contribution in [3.05, 3.63) is 34.3 Å². The molecule has 0 aliphatic rings. The molecule has 1 aromatic carbocycles. The molecule has 2 aromatic rings. The first-order chi connectivity index (χ1) is 11.1. The van der Waals surface area contributed by atoms with E-state index in [4.69, 9.17) is 4.74 Å². The van der Waals surface area contributed by atoms with Gasteiger partial charge in [0.2, 0.25) is 11.0 Å². The summed E-state index contributed by atoms with van der Waals surface area (Å²) in [5, 5.41) is 12.3. The lowest BCUT2D eigenvalue weighted by Gasteiger charge is -2.10. The van der Waals surface area contributed by atoms with E-state index in [0.717, 1.165) is 29.2 Å². The first-order valence-corrected chi connectivity index (χ1v) is 8.73. The zero-order chi connectivity index (χ0) is 16.7. The van der Waals surface area contributed by atoms with Crippen LogP contribution in [0.15, 0.2) is 18.2 Å².